The lowest BCUT2D eigenvalue weighted by molar-refractivity contribution is -0.133. The standard InChI is InChI=1S/C16H23N3O2/c1-5-13(20)19-16(12-7-6-8-21-12)14-11(3)18(4)9-10(2)15(14)17-19/h6-8,10-11,14,16H,5,9H2,1-4H3/t10-,11-,14-,16+/m0/s1. The number of rotatable bonds is 2. The van der Waals surface area contributed by atoms with E-state index >= 15 is 0 Å². The molecule has 1 aromatic heterocycles. The first-order valence-electron chi connectivity index (χ1n) is 7.68. The predicted octanol–water partition coefficient (Wildman–Crippen LogP) is 2.52. The van der Waals surface area contributed by atoms with Gasteiger partial charge in [-0.25, -0.2) is 5.01 Å². The summed E-state index contributed by atoms with van der Waals surface area (Å²) in [6, 6.07) is 4.06. The Balaban J connectivity index is 2.04. The third kappa shape index (κ3) is 2.20. The van der Waals surface area contributed by atoms with Gasteiger partial charge in [-0.15, -0.1) is 0 Å². The Morgan fingerprint density at radius 2 is 2.24 bits per heavy atom. The molecule has 0 saturated carbocycles. The molecule has 3 rings (SSSR count). The van der Waals surface area contributed by atoms with Gasteiger partial charge in [-0.05, 0) is 26.1 Å². The van der Waals surface area contributed by atoms with Gasteiger partial charge in [0.2, 0.25) is 5.91 Å². The van der Waals surface area contributed by atoms with Crippen LogP contribution in [0.3, 0.4) is 0 Å². The highest BCUT2D eigenvalue weighted by atomic mass is 16.3. The molecule has 4 atom stereocenters. The van der Waals surface area contributed by atoms with E-state index in [2.05, 4.69) is 25.8 Å². The fraction of sp³-hybridized carbons (Fsp3) is 0.625. The van der Waals surface area contributed by atoms with Crippen molar-refractivity contribution in [3.63, 3.8) is 0 Å². The van der Waals surface area contributed by atoms with Gasteiger partial charge in [0.25, 0.3) is 0 Å². The first-order valence-corrected chi connectivity index (χ1v) is 7.68. The van der Waals surface area contributed by atoms with Crippen LogP contribution in [-0.4, -0.2) is 41.2 Å². The SMILES string of the molecule is CCC(=O)N1N=C2[C@@H]([C@H]1c1ccco1)[C@H](C)N(C)C[C@@H]2C. The molecule has 21 heavy (non-hydrogen) atoms. The quantitative estimate of drug-likeness (QED) is 0.840. The van der Waals surface area contributed by atoms with Crippen molar-refractivity contribution >= 4 is 11.6 Å². The van der Waals surface area contributed by atoms with Crippen LogP contribution < -0.4 is 0 Å². The average molecular weight is 289 g/mol. The summed E-state index contributed by atoms with van der Waals surface area (Å²) in [4.78, 5) is 14.7. The summed E-state index contributed by atoms with van der Waals surface area (Å²) in [6.07, 6.45) is 2.13. The summed E-state index contributed by atoms with van der Waals surface area (Å²) >= 11 is 0. The normalized spacial score (nSPS) is 33.0. The van der Waals surface area contributed by atoms with Crippen LogP contribution in [0, 0.1) is 11.8 Å². The number of furan rings is 1. The maximum atomic E-state index is 12.3. The van der Waals surface area contributed by atoms with Gasteiger partial charge in [0, 0.05) is 36.6 Å². The number of piperidine rings is 1. The number of fused-ring (bicyclic) bond motifs is 1. The lowest BCUT2D eigenvalue weighted by Crippen LogP contribution is -2.51. The minimum atomic E-state index is -0.109. The topological polar surface area (TPSA) is 49.1 Å². The smallest absolute Gasteiger partial charge is 0.243 e. The number of amides is 1. The molecule has 0 aromatic carbocycles. The van der Waals surface area contributed by atoms with Crippen LogP contribution >= 0.6 is 0 Å². The zero-order valence-electron chi connectivity index (χ0n) is 13.1. The minimum Gasteiger partial charge on any atom is -0.467 e. The summed E-state index contributed by atoms with van der Waals surface area (Å²) in [7, 11) is 2.14. The molecule has 0 N–H and O–H groups in total. The molecule has 0 unspecified atom stereocenters. The highest BCUT2D eigenvalue weighted by molar-refractivity contribution is 5.94. The molecule has 0 bridgehead atoms. The molecule has 1 fully saturated rings. The van der Waals surface area contributed by atoms with Crippen molar-refractivity contribution < 1.29 is 9.21 Å². The van der Waals surface area contributed by atoms with Crippen LogP contribution in [0.5, 0.6) is 0 Å². The summed E-state index contributed by atoms with van der Waals surface area (Å²) < 4.78 is 5.62. The number of carbonyl (C=O) groups excluding carboxylic acids is 1. The monoisotopic (exact) mass is 289 g/mol. The molecule has 1 saturated heterocycles. The molecule has 5 heteroatoms. The maximum absolute atomic E-state index is 12.3. The van der Waals surface area contributed by atoms with Crippen LogP contribution in [0.15, 0.2) is 27.9 Å². The number of hydrogen-bond donors (Lipinski definition) is 0. The molecule has 2 aliphatic rings. The average Bonchev–Trinajstić information content (AvgIpc) is 3.10. The Morgan fingerprint density at radius 1 is 1.48 bits per heavy atom. The second kappa shape index (κ2) is 5.30. The second-order valence-corrected chi connectivity index (χ2v) is 6.18. The Hall–Kier alpha value is -1.62. The fourth-order valence-corrected chi connectivity index (χ4v) is 3.60. The van der Waals surface area contributed by atoms with Gasteiger partial charge in [0.1, 0.15) is 11.8 Å². The van der Waals surface area contributed by atoms with Crippen molar-refractivity contribution in [1.29, 1.82) is 0 Å². The van der Waals surface area contributed by atoms with E-state index < -0.39 is 0 Å². The largest absolute Gasteiger partial charge is 0.467 e. The van der Waals surface area contributed by atoms with Crippen molar-refractivity contribution in [2.45, 2.75) is 39.3 Å². The minimum absolute atomic E-state index is 0.0559. The lowest BCUT2D eigenvalue weighted by atomic mass is 9.78. The van der Waals surface area contributed by atoms with Crippen molar-refractivity contribution in [2.24, 2.45) is 16.9 Å². The third-order valence-corrected chi connectivity index (χ3v) is 4.84. The summed E-state index contributed by atoms with van der Waals surface area (Å²) in [5.74, 6) is 1.46. The van der Waals surface area contributed by atoms with Crippen LogP contribution in [0.4, 0.5) is 0 Å². The van der Waals surface area contributed by atoms with Gasteiger partial charge in [-0.1, -0.05) is 13.8 Å². The zero-order valence-corrected chi connectivity index (χ0v) is 13.1. The van der Waals surface area contributed by atoms with E-state index in [1.165, 1.54) is 0 Å². The van der Waals surface area contributed by atoms with E-state index in [0.29, 0.717) is 18.4 Å². The molecule has 114 valence electrons. The fourth-order valence-electron chi connectivity index (χ4n) is 3.60. The van der Waals surface area contributed by atoms with Gasteiger partial charge in [-0.2, -0.15) is 5.10 Å². The molecule has 0 aliphatic carbocycles. The number of likely N-dealkylation sites (tertiary alicyclic amines) is 1. The maximum Gasteiger partial charge on any atom is 0.243 e. The van der Waals surface area contributed by atoms with E-state index in [9.17, 15) is 4.79 Å². The first kappa shape index (κ1) is 14.3. The summed E-state index contributed by atoms with van der Waals surface area (Å²) in [5, 5.41) is 6.36. The van der Waals surface area contributed by atoms with Crippen LogP contribution in [0.1, 0.15) is 39.0 Å². The van der Waals surface area contributed by atoms with E-state index in [-0.39, 0.29) is 17.9 Å². The molecule has 0 radical (unpaired) electrons. The van der Waals surface area contributed by atoms with Crippen molar-refractivity contribution in [2.75, 3.05) is 13.6 Å². The molecule has 5 nitrogen and oxygen atoms in total. The molecule has 1 amide bonds. The Labute approximate surface area is 125 Å². The van der Waals surface area contributed by atoms with E-state index in [1.807, 2.05) is 19.1 Å². The van der Waals surface area contributed by atoms with E-state index in [1.54, 1.807) is 11.3 Å². The van der Waals surface area contributed by atoms with E-state index in [0.717, 1.165) is 18.0 Å². The van der Waals surface area contributed by atoms with Gasteiger partial charge >= 0.3 is 0 Å². The lowest BCUT2D eigenvalue weighted by Gasteiger charge is -2.40. The van der Waals surface area contributed by atoms with Gasteiger partial charge < -0.3 is 9.32 Å². The third-order valence-electron chi connectivity index (χ3n) is 4.84. The van der Waals surface area contributed by atoms with Crippen molar-refractivity contribution in [1.82, 2.24) is 9.91 Å². The van der Waals surface area contributed by atoms with Crippen molar-refractivity contribution in [3.8, 4) is 0 Å². The number of carbonyl (C=O) groups is 1. The Kier molecular flexibility index (Phi) is 3.61. The molecule has 3 heterocycles. The van der Waals surface area contributed by atoms with E-state index in [4.69, 9.17) is 9.52 Å². The molecule has 1 aromatic rings. The second-order valence-electron chi connectivity index (χ2n) is 6.18. The van der Waals surface area contributed by atoms with Crippen LogP contribution in [0.2, 0.25) is 0 Å². The Morgan fingerprint density at radius 3 is 2.86 bits per heavy atom. The molecular formula is C16H23N3O2. The summed E-state index contributed by atoms with van der Waals surface area (Å²) in [5.41, 5.74) is 1.14. The van der Waals surface area contributed by atoms with Crippen molar-refractivity contribution in [3.05, 3.63) is 24.2 Å². The van der Waals surface area contributed by atoms with Gasteiger partial charge in [-0.3, -0.25) is 4.79 Å². The highest BCUT2D eigenvalue weighted by Gasteiger charge is 2.49. The van der Waals surface area contributed by atoms with Gasteiger partial charge in [0.15, 0.2) is 0 Å². The predicted molar refractivity (Wildman–Crippen MR) is 80.8 cm³/mol. The summed E-state index contributed by atoms with van der Waals surface area (Å²) in [6.45, 7) is 7.26. The number of hydrazone groups is 1. The molecule has 2 aliphatic heterocycles. The highest BCUT2D eigenvalue weighted by Crippen LogP contribution is 2.43. The van der Waals surface area contributed by atoms with Gasteiger partial charge in [0.05, 0.1) is 6.26 Å². The Bertz CT molecular complexity index is 552. The number of nitrogens with zero attached hydrogens (tertiary/aromatic N) is 3. The zero-order chi connectivity index (χ0) is 15.1. The number of hydrogen-bond acceptors (Lipinski definition) is 4. The van der Waals surface area contributed by atoms with Crippen LogP contribution in [-0.2, 0) is 4.79 Å². The first-order chi connectivity index (χ1) is 10.0. The van der Waals surface area contributed by atoms with Crippen LogP contribution in [0.25, 0.3) is 0 Å². The molecule has 0 spiro atoms. The molecular weight excluding hydrogens is 266 g/mol.